The van der Waals surface area contributed by atoms with Crippen LogP contribution in [0.2, 0.25) is 0 Å². The summed E-state index contributed by atoms with van der Waals surface area (Å²) in [5.74, 6) is 0.972. The number of nitrogens with zero attached hydrogens (tertiary/aromatic N) is 1. The molecule has 0 saturated carbocycles. The molecule has 0 fully saturated rings. The number of benzene rings is 2. The van der Waals surface area contributed by atoms with E-state index in [0.29, 0.717) is 22.7 Å². The van der Waals surface area contributed by atoms with Gasteiger partial charge in [-0.1, -0.05) is 6.07 Å². The number of rotatable bonds is 7. The summed E-state index contributed by atoms with van der Waals surface area (Å²) in [6, 6.07) is 9.98. The van der Waals surface area contributed by atoms with E-state index >= 15 is 0 Å². The van der Waals surface area contributed by atoms with Crippen LogP contribution in [0.4, 0.5) is 5.69 Å². The number of methoxy groups -OCH3 is 2. The van der Waals surface area contributed by atoms with E-state index in [0.717, 1.165) is 21.7 Å². The van der Waals surface area contributed by atoms with Gasteiger partial charge in [-0.15, -0.1) is 0 Å². The lowest BCUT2D eigenvalue weighted by molar-refractivity contribution is 0.0939. The van der Waals surface area contributed by atoms with Crippen molar-refractivity contribution in [2.75, 3.05) is 31.8 Å². The Bertz CT molecular complexity index is 973. The summed E-state index contributed by atoms with van der Waals surface area (Å²) in [5.41, 5.74) is 2.36. The smallest absolute Gasteiger partial charge is 0.251 e. The van der Waals surface area contributed by atoms with Crippen LogP contribution in [-0.2, 0) is 10.0 Å². The number of amides is 1. The highest BCUT2D eigenvalue weighted by atomic mass is 32.2. The number of carbonyl (C=O) groups excluding carboxylic acids is 1. The molecule has 0 unspecified atom stereocenters. The second-order valence-electron chi connectivity index (χ2n) is 6.53. The van der Waals surface area contributed by atoms with Crippen molar-refractivity contribution in [1.29, 1.82) is 0 Å². The van der Waals surface area contributed by atoms with Crippen molar-refractivity contribution in [3.05, 3.63) is 53.1 Å². The minimum absolute atomic E-state index is 0.319. The quantitative estimate of drug-likeness (QED) is 0.764. The van der Waals surface area contributed by atoms with Gasteiger partial charge in [0.15, 0.2) is 0 Å². The summed E-state index contributed by atoms with van der Waals surface area (Å²) >= 11 is 0. The minimum atomic E-state index is -3.43. The fraction of sp³-hybridized carbons (Fsp3) is 0.350. The molecule has 2 rings (SSSR count). The molecule has 28 heavy (non-hydrogen) atoms. The molecule has 0 aliphatic rings. The summed E-state index contributed by atoms with van der Waals surface area (Å²) in [6.07, 6.45) is 1.12. The molecule has 0 radical (unpaired) electrons. The molecule has 2 aromatic carbocycles. The summed E-state index contributed by atoms with van der Waals surface area (Å²) < 4.78 is 35.5. The molecule has 1 N–H and O–H groups in total. The molecule has 8 heteroatoms. The molecule has 152 valence electrons. The fourth-order valence-corrected chi connectivity index (χ4v) is 3.36. The molecule has 2 aromatic rings. The Balaban J connectivity index is 2.31. The number of ether oxygens (including phenoxy) is 2. The van der Waals surface area contributed by atoms with E-state index in [1.165, 1.54) is 7.05 Å². The van der Waals surface area contributed by atoms with Gasteiger partial charge in [-0.3, -0.25) is 9.10 Å². The lowest BCUT2D eigenvalue weighted by atomic mass is 10.0. The first-order valence-corrected chi connectivity index (χ1v) is 10.5. The zero-order chi connectivity index (χ0) is 21.1. The van der Waals surface area contributed by atoms with E-state index in [9.17, 15) is 13.2 Å². The first kappa shape index (κ1) is 21.6. The fourth-order valence-electron chi connectivity index (χ4n) is 2.80. The molecule has 0 heterocycles. The average molecular weight is 407 g/mol. The molecule has 0 aliphatic carbocycles. The van der Waals surface area contributed by atoms with E-state index in [1.54, 1.807) is 51.5 Å². The highest BCUT2D eigenvalue weighted by Gasteiger charge is 2.19. The van der Waals surface area contributed by atoms with Gasteiger partial charge in [0, 0.05) is 18.2 Å². The normalized spacial score (nSPS) is 12.2. The molecule has 0 saturated heterocycles. The zero-order valence-electron chi connectivity index (χ0n) is 16.9. The van der Waals surface area contributed by atoms with E-state index in [2.05, 4.69) is 5.32 Å². The van der Waals surface area contributed by atoms with E-state index in [1.807, 2.05) is 13.0 Å². The Kier molecular flexibility index (Phi) is 6.56. The number of anilines is 1. The molecule has 0 aromatic heterocycles. The highest BCUT2D eigenvalue weighted by molar-refractivity contribution is 7.92. The third-order valence-corrected chi connectivity index (χ3v) is 5.75. The Hall–Kier alpha value is -2.74. The Morgan fingerprint density at radius 2 is 1.79 bits per heavy atom. The van der Waals surface area contributed by atoms with Gasteiger partial charge in [0.25, 0.3) is 5.91 Å². The monoisotopic (exact) mass is 406 g/mol. The average Bonchev–Trinajstić information content (AvgIpc) is 2.66. The van der Waals surface area contributed by atoms with Crippen LogP contribution in [0.25, 0.3) is 0 Å². The van der Waals surface area contributed by atoms with Gasteiger partial charge in [-0.05, 0) is 49.7 Å². The van der Waals surface area contributed by atoms with E-state index < -0.39 is 10.0 Å². The van der Waals surface area contributed by atoms with Crippen LogP contribution in [0, 0.1) is 6.92 Å². The lowest BCUT2D eigenvalue weighted by Crippen LogP contribution is -2.28. The van der Waals surface area contributed by atoms with Crippen LogP contribution in [-0.4, -0.2) is 41.8 Å². The highest BCUT2D eigenvalue weighted by Crippen LogP contribution is 2.30. The van der Waals surface area contributed by atoms with Crippen LogP contribution >= 0.6 is 0 Å². The van der Waals surface area contributed by atoms with Gasteiger partial charge >= 0.3 is 0 Å². The number of sulfonamides is 1. The second kappa shape index (κ2) is 8.52. The van der Waals surface area contributed by atoms with Gasteiger partial charge < -0.3 is 14.8 Å². The zero-order valence-corrected chi connectivity index (χ0v) is 17.8. The first-order chi connectivity index (χ1) is 13.1. The predicted molar refractivity (Wildman–Crippen MR) is 110 cm³/mol. The van der Waals surface area contributed by atoms with Crippen LogP contribution in [0.1, 0.15) is 34.5 Å². The molecule has 0 spiro atoms. The number of aryl methyl sites for hydroxylation is 1. The number of hydrogen-bond donors (Lipinski definition) is 1. The largest absolute Gasteiger partial charge is 0.497 e. The van der Waals surface area contributed by atoms with Gasteiger partial charge in [0.1, 0.15) is 11.5 Å². The number of hydrogen-bond acceptors (Lipinski definition) is 5. The Morgan fingerprint density at radius 1 is 1.11 bits per heavy atom. The van der Waals surface area contributed by atoms with Gasteiger partial charge in [0.2, 0.25) is 10.0 Å². The molecule has 1 amide bonds. The van der Waals surface area contributed by atoms with Crippen molar-refractivity contribution in [2.45, 2.75) is 19.9 Å². The van der Waals surface area contributed by atoms with Gasteiger partial charge in [0.05, 0.1) is 32.2 Å². The van der Waals surface area contributed by atoms with Crippen molar-refractivity contribution < 1.29 is 22.7 Å². The van der Waals surface area contributed by atoms with Crippen molar-refractivity contribution in [3.63, 3.8) is 0 Å². The van der Waals surface area contributed by atoms with E-state index in [-0.39, 0.29) is 11.9 Å². The van der Waals surface area contributed by atoms with Crippen molar-refractivity contribution in [2.24, 2.45) is 0 Å². The van der Waals surface area contributed by atoms with Crippen LogP contribution in [0.3, 0.4) is 0 Å². The molecule has 7 nitrogen and oxygen atoms in total. The van der Waals surface area contributed by atoms with Crippen LogP contribution in [0.5, 0.6) is 11.5 Å². The maximum Gasteiger partial charge on any atom is 0.251 e. The standard InChI is InChI=1S/C20H26N2O5S/c1-13-7-8-15(11-18(13)22(3)28(6,24)25)20(23)21-14(2)17-12-16(26-4)9-10-19(17)27-5/h7-12,14H,1-6H3,(H,21,23)/t14-/m0/s1. The Morgan fingerprint density at radius 3 is 2.36 bits per heavy atom. The summed E-state index contributed by atoms with van der Waals surface area (Å²) in [4.78, 5) is 12.8. The summed E-state index contributed by atoms with van der Waals surface area (Å²) in [5, 5.41) is 2.92. The van der Waals surface area contributed by atoms with Crippen molar-refractivity contribution in [3.8, 4) is 11.5 Å². The number of carbonyl (C=O) groups is 1. The number of nitrogens with one attached hydrogen (secondary N) is 1. The van der Waals surface area contributed by atoms with Crippen molar-refractivity contribution >= 4 is 21.6 Å². The van der Waals surface area contributed by atoms with E-state index in [4.69, 9.17) is 9.47 Å². The summed E-state index contributed by atoms with van der Waals surface area (Å²) in [6.45, 7) is 3.63. The van der Waals surface area contributed by atoms with Crippen LogP contribution in [0.15, 0.2) is 36.4 Å². The third kappa shape index (κ3) is 4.75. The summed E-state index contributed by atoms with van der Waals surface area (Å²) in [7, 11) is 1.16. The van der Waals surface area contributed by atoms with Crippen molar-refractivity contribution in [1.82, 2.24) is 5.32 Å². The topological polar surface area (TPSA) is 84.9 Å². The van der Waals surface area contributed by atoms with Gasteiger partial charge in [-0.25, -0.2) is 8.42 Å². The molecule has 0 aliphatic heterocycles. The van der Waals surface area contributed by atoms with Crippen LogP contribution < -0.4 is 19.1 Å². The molecular weight excluding hydrogens is 380 g/mol. The second-order valence-corrected chi connectivity index (χ2v) is 8.55. The molecule has 0 bridgehead atoms. The predicted octanol–water partition coefficient (Wildman–Crippen LogP) is 2.90. The molecule has 1 atom stereocenters. The minimum Gasteiger partial charge on any atom is -0.497 e. The Labute approximate surface area is 166 Å². The molecular formula is C20H26N2O5S. The lowest BCUT2D eigenvalue weighted by Gasteiger charge is -2.21. The first-order valence-electron chi connectivity index (χ1n) is 8.65. The maximum atomic E-state index is 12.8. The maximum absolute atomic E-state index is 12.8. The van der Waals surface area contributed by atoms with Gasteiger partial charge in [-0.2, -0.15) is 0 Å². The SMILES string of the molecule is COc1ccc(OC)c([C@H](C)NC(=O)c2ccc(C)c(N(C)S(C)(=O)=O)c2)c1. The third-order valence-electron chi connectivity index (χ3n) is 4.56.